The second-order valence-electron chi connectivity index (χ2n) is 6.45. The zero-order valence-corrected chi connectivity index (χ0v) is 14.3. The predicted octanol–water partition coefficient (Wildman–Crippen LogP) is 2.55. The zero-order valence-electron chi connectivity index (χ0n) is 14.3. The molecule has 3 rings (SSSR count). The molecule has 1 fully saturated rings. The Kier molecular flexibility index (Phi) is 5.30. The molecule has 0 aromatic carbocycles. The van der Waals surface area contributed by atoms with Crippen molar-refractivity contribution >= 4 is 5.91 Å². The van der Waals surface area contributed by atoms with E-state index in [0.29, 0.717) is 36.7 Å². The molecule has 1 amide bonds. The summed E-state index contributed by atoms with van der Waals surface area (Å²) in [6.45, 7) is 0.767. The molecule has 0 bridgehead atoms. The van der Waals surface area contributed by atoms with Gasteiger partial charge in [-0.2, -0.15) is 0 Å². The van der Waals surface area contributed by atoms with E-state index in [9.17, 15) is 4.79 Å². The number of aromatic nitrogens is 2. The molecule has 0 spiro atoms. The molecule has 1 aliphatic carbocycles. The van der Waals surface area contributed by atoms with Crippen molar-refractivity contribution in [3.8, 4) is 11.7 Å². The minimum Gasteiger partial charge on any atom is -0.459 e. The fourth-order valence-electron chi connectivity index (χ4n) is 3.12. The number of carbonyl (C=O) groups excluding carboxylic acids is 1. The van der Waals surface area contributed by atoms with E-state index in [1.54, 1.807) is 18.4 Å². The monoisotopic (exact) mass is 332 g/mol. The van der Waals surface area contributed by atoms with Gasteiger partial charge in [0.1, 0.15) is 0 Å². The van der Waals surface area contributed by atoms with E-state index >= 15 is 0 Å². The third kappa shape index (κ3) is 4.03. The van der Waals surface area contributed by atoms with Gasteiger partial charge in [0.05, 0.1) is 19.4 Å². The average Bonchev–Trinajstić information content (AvgIpc) is 3.26. The van der Waals surface area contributed by atoms with Crippen molar-refractivity contribution in [2.24, 2.45) is 0 Å². The Bertz CT molecular complexity index is 647. The highest BCUT2D eigenvalue weighted by Crippen LogP contribution is 2.22. The smallest absolute Gasteiger partial charge is 0.283 e. The van der Waals surface area contributed by atoms with Gasteiger partial charge in [0.25, 0.3) is 5.89 Å². The second-order valence-corrected chi connectivity index (χ2v) is 6.45. The maximum absolute atomic E-state index is 12.4. The molecular formula is C17H24N4O3. The second kappa shape index (κ2) is 7.61. The number of carbonyl (C=O) groups is 1. The summed E-state index contributed by atoms with van der Waals surface area (Å²) in [4.78, 5) is 16.2. The molecule has 1 aliphatic rings. The summed E-state index contributed by atoms with van der Waals surface area (Å²) in [5.41, 5.74) is 0. The number of rotatable bonds is 6. The normalized spacial score (nSPS) is 15.8. The van der Waals surface area contributed by atoms with Crippen LogP contribution in [0.2, 0.25) is 0 Å². The van der Waals surface area contributed by atoms with Crippen LogP contribution in [0.3, 0.4) is 0 Å². The van der Waals surface area contributed by atoms with Crippen LogP contribution in [-0.4, -0.2) is 52.6 Å². The van der Waals surface area contributed by atoms with Crippen LogP contribution in [0, 0.1) is 0 Å². The van der Waals surface area contributed by atoms with E-state index in [-0.39, 0.29) is 5.91 Å². The maximum atomic E-state index is 12.4. The summed E-state index contributed by atoms with van der Waals surface area (Å²) >= 11 is 0. The Balaban J connectivity index is 1.51. The lowest BCUT2D eigenvalue weighted by Gasteiger charge is -2.32. The molecule has 2 aromatic rings. The SMILES string of the molecule is CN(CC(=O)N(C)C1CCCCC1)Cc1nnc(-c2ccco2)o1. The van der Waals surface area contributed by atoms with Gasteiger partial charge >= 0.3 is 0 Å². The van der Waals surface area contributed by atoms with E-state index in [1.165, 1.54) is 19.3 Å². The first-order chi connectivity index (χ1) is 11.6. The predicted molar refractivity (Wildman–Crippen MR) is 88.0 cm³/mol. The van der Waals surface area contributed by atoms with Crippen LogP contribution in [0.15, 0.2) is 27.2 Å². The van der Waals surface area contributed by atoms with E-state index in [2.05, 4.69) is 10.2 Å². The van der Waals surface area contributed by atoms with Gasteiger partial charge in [-0.25, -0.2) is 0 Å². The van der Waals surface area contributed by atoms with E-state index in [1.807, 2.05) is 23.9 Å². The van der Waals surface area contributed by atoms with Crippen molar-refractivity contribution in [1.29, 1.82) is 0 Å². The summed E-state index contributed by atoms with van der Waals surface area (Å²) < 4.78 is 10.8. The maximum Gasteiger partial charge on any atom is 0.283 e. The molecule has 7 heteroatoms. The van der Waals surface area contributed by atoms with Crippen molar-refractivity contribution < 1.29 is 13.6 Å². The molecule has 24 heavy (non-hydrogen) atoms. The number of likely N-dealkylation sites (N-methyl/N-ethyl adjacent to an activating group) is 2. The Hall–Kier alpha value is -2.15. The van der Waals surface area contributed by atoms with Gasteiger partial charge in [-0.05, 0) is 32.0 Å². The lowest BCUT2D eigenvalue weighted by Crippen LogP contribution is -2.43. The van der Waals surface area contributed by atoms with Gasteiger partial charge in [-0.1, -0.05) is 19.3 Å². The van der Waals surface area contributed by atoms with Crippen LogP contribution >= 0.6 is 0 Å². The van der Waals surface area contributed by atoms with Gasteiger partial charge in [0, 0.05) is 13.1 Å². The molecule has 7 nitrogen and oxygen atoms in total. The van der Waals surface area contributed by atoms with Crippen LogP contribution < -0.4 is 0 Å². The number of hydrogen-bond acceptors (Lipinski definition) is 6. The molecule has 2 aromatic heterocycles. The highest BCUT2D eigenvalue weighted by Gasteiger charge is 2.23. The minimum atomic E-state index is 0.134. The molecule has 0 radical (unpaired) electrons. The molecule has 1 saturated carbocycles. The fraction of sp³-hybridized carbons (Fsp3) is 0.588. The largest absolute Gasteiger partial charge is 0.459 e. The number of hydrogen-bond donors (Lipinski definition) is 0. The van der Waals surface area contributed by atoms with Gasteiger partial charge in [0.15, 0.2) is 5.76 Å². The van der Waals surface area contributed by atoms with Crippen molar-refractivity contribution in [1.82, 2.24) is 20.0 Å². The molecule has 130 valence electrons. The first-order valence-electron chi connectivity index (χ1n) is 8.44. The first kappa shape index (κ1) is 16.7. The topological polar surface area (TPSA) is 75.6 Å². The van der Waals surface area contributed by atoms with Gasteiger partial charge in [-0.3, -0.25) is 9.69 Å². The third-order valence-electron chi connectivity index (χ3n) is 4.52. The molecule has 0 N–H and O–H groups in total. The van der Waals surface area contributed by atoms with Crippen molar-refractivity contribution in [2.45, 2.75) is 44.7 Å². The average molecular weight is 332 g/mol. The van der Waals surface area contributed by atoms with Crippen molar-refractivity contribution in [2.75, 3.05) is 20.6 Å². The third-order valence-corrected chi connectivity index (χ3v) is 4.52. The summed E-state index contributed by atoms with van der Waals surface area (Å²) in [5.74, 6) is 1.51. The molecule has 2 heterocycles. The Morgan fingerprint density at radius 2 is 2.04 bits per heavy atom. The Morgan fingerprint density at radius 1 is 1.25 bits per heavy atom. The number of furan rings is 1. The lowest BCUT2D eigenvalue weighted by atomic mass is 9.94. The fourth-order valence-corrected chi connectivity index (χ4v) is 3.12. The van der Waals surface area contributed by atoms with Crippen LogP contribution in [-0.2, 0) is 11.3 Å². The number of amides is 1. The van der Waals surface area contributed by atoms with Crippen molar-refractivity contribution in [3.05, 3.63) is 24.3 Å². The highest BCUT2D eigenvalue weighted by molar-refractivity contribution is 5.78. The quantitative estimate of drug-likeness (QED) is 0.809. The van der Waals surface area contributed by atoms with Crippen LogP contribution in [0.1, 0.15) is 38.0 Å². The Morgan fingerprint density at radius 3 is 2.75 bits per heavy atom. The summed E-state index contributed by atoms with van der Waals surface area (Å²) in [5, 5.41) is 7.98. The van der Waals surface area contributed by atoms with Crippen LogP contribution in [0.25, 0.3) is 11.7 Å². The highest BCUT2D eigenvalue weighted by atomic mass is 16.4. The lowest BCUT2D eigenvalue weighted by molar-refractivity contribution is -0.133. The minimum absolute atomic E-state index is 0.134. The van der Waals surface area contributed by atoms with Gasteiger partial charge < -0.3 is 13.7 Å². The molecule has 0 saturated heterocycles. The zero-order chi connectivity index (χ0) is 16.9. The standard InChI is InChI=1S/C17H24N4O3/c1-20(12-16(22)21(2)13-7-4-3-5-8-13)11-15-18-19-17(24-15)14-9-6-10-23-14/h6,9-10,13H,3-5,7-8,11-12H2,1-2H3. The first-order valence-corrected chi connectivity index (χ1v) is 8.44. The van der Waals surface area contributed by atoms with E-state index in [0.717, 1.165) is 12.8 Å². The molecule has 0 unspecified atom stereocenters. The van der Waals surface area contributed by atoms with Gasteiger partial charge in [-0.15, -0.1) is 10.2 Å². The van der Waals surface area contributed by atoms with E-state index in [4.69, 9.17) is 8.83 Å². The summed E-state index contributed by atoms with van der Waals surface area (Å²) in [7, 11) is 3.79. The van der Waals surface area contributed by atoms with Crippen LogP contribution in [0.5, 0.6) is 0 Å². The molecule has 0 atom stereocenters. The molecule has 0 aliphatic heterocycles. The van der Waals surface area contributed by atoms with Crippen molar-refractivity contribution in [3.63, 3.8) is 0 Å². The summed E-state index contributed by atoms with van der Waals surface area (Å²) in [6.07, 6.45) is 7.51. The van der Waals surface area contributed by atoms with Crippen LogP contribution in [0.4, 0.5) is 0 Å². The number of nitrogens with zero attached hydrogens (tertiary/aromatic N) is 4. The Labute approximate surface area is 141 Å². The summed E-state index contributed by atoms with van der Waals surface area (Å²) in [6, 6.07) is 3.92. The van der Waals surface area contributed by atoms with E-state index < -0.39 is 0 Å². The van der Waals surface area contributed by atoms with Gasteiger partial charge in [0.2, 0.25) is 11.8 Å². The molecular weight excluding hydrogens is 308 g/mol.